The Bertz CT molecular complexity index is 2160. The normalized spacial score (nSPS) is 19.8. The molecule has 2 aliphatic heterocycles. The number of nitrogens with zero attached hydrogens (tertiary/aromatic N) is 5. The van der Waals surface area contributed by atoms with E-state index in [4.69, 9.17) is 14.2 Å². The molecule has 1 N–H and O–H groups in total. The monoisotopic (exact) mass is 680 g/mol. The number of fused-ring (bicyclic) bond motifs is 2. The van der Waals surface area contributed by atoms with Crippen LogP contribution in [0.4, 0.5) is 5.82 Å². The van der Waals surface area contributed by atoms with Crippen molar-refractivity contribution in [2.45, 2.75) is 37.8 Å². The third-order valence-electron chi connectivity index (χ3n) is 9.00. The van der Waals surface area contributed by atoms with Crippen molar-refractivity contribution >= 4 is 34.7 Å². The molecule has 6 aromatic rings. The summed E-state index contributed by atoms with van der Waals surface area (Å²) in [6.45, 7) is 0.387. The van der Waals surface area contributed by atoms with Gasteiger partial charge in [0.15, 0.2) is 23.2 Å². The molecular formula is C39H32N6O6. The Kier molecular flexibility index (Phi) is 8.85. The first kappa shape index (κ1) is 32.1. The van der Waals surface area contributed by atoms with Crippen molar-refractivity contribution in [2.75, 3.05) is 11.9 Å². The van der Waals surface area contributed by atoms with Crippen molar-refractivity contribution in [2.24, 2.45) is 0 Å². The number of benzene rings is 4. The minimum atomic E-state index is -0.854. The highest BCUT2D eigenvalue weighted by atomic mass is 16.6. The standard InChI is InChI=1S/C39H32N6O6/c46-36(27-16-8-3-9-17-27)43-34-31-35(41-23-40-34)45(24-42-31)39-33(50-22-26-14-6-2-7-15-26)32(49-21-25-12-4-1-5-13-25)30(51-39)20-44-37(47)28-18-10-11-19-29(28)38(44)48/h1-19,23-24,30,32-33,39H,20-22H2,(H,40,41,43,46)/t30-,32-,33+,39?/m1/s1. The molecule has 0 bridgehead atoms. The summed E-state index contributed by atoms with van der Waals surface area (Å²) >= 11 is 0. The topological polar surface area (TPSA) is 138 Å². The van der Waals surface area contributed by atoms with Crippen molar-refractivity contribution in [3.63, 3.8) is 0 Å². The highest BCUT2D eigenvalue weighted by Gasteiger charge is 2.50. The number of imide groups is 1. The van der Waals surface area contributed by atoms with E-state index < -0.39 is 36.4 Å². The lowest BCUT2D eigenvalue weighted by atomic mass is 10.1. The maximum Gasteiger partial charge on any atom is 0.261 e. The van der Waals surface area contributed by atoms with Gasteiger partial charge < -0.3 is 19.5 Å². The first-order valence-electron chi connectivity index (χ1n) is 16.5. The second kappa shape index (κ2) is 14.0. The molecule has 1 saturated heterocycles. The molecule has 3 amide bonds. The number of hydrogen-bond donors (Lipinski definition) is 1. The molecule has 12 nitrogen and oxygen atoms in total. The zero-order chi connectivity index (χ0) is 34.7. The third kappa shape index (κ3) is 6.39. The zero-order valence-corrected chi connectivity index (χ0v) is 27.2. The van der Waals surface area contributed by atoms with Crippen LogP contribution >= 0.6 is 0 Å². The van der Waals surface area contributed by atoms with Crippen molar-refractivity contribution in [3.8, 4) is 0 Å². The molecule has 254 valence electrons. The molecular weight excluding hydrogens is 648 g/mol. The minimum Gasteiger partial charge on any atom is -0.368 e. The summed E-state index contributed by atoms with van der Waals surface area (Å²) in [4.78, 5) is 54.7. The summed E-state index contributed by atoms with van der Waals surface area (Å²) in [5.74, 6) is -0.912. The quantitative estimate of drug-likeness (QED) is 0.177. The fraction of sp³-hybridized carbons (Fsp3) is 0.179. The molecule has 1 fully saturated rings. The number of amides is 3. The molecule has 4 heterocycles. The van der Waals surface area contributed by atoms with Gasteiger partial charge in [-0.3, -0.25) is 23.9 Å². The SMILES string of the molecule is O=C(Nc1ncnc2c1ncn2C1O[C@H](CN2C(=O)c3ccccc3C2=O)[C@@H](OCc2ccccc2)[C@@H]1OCc1ccccc1)c1ccccc1. The van der Waals surface area contributed by atoms with Crippen LogP contribution in [0.15, 0.2) is 128 Å². The van der Waals surface area contributed by atoms with Gasteiger partial charge in [-0.15, -0.1) is 0 Å². The summed E-state index contributed by atoms with van der Waals surface area (Å²) in [7, 11) is 0. The summed E-state index contributed by atoms with van der Waals surface area (Å²) in [6.07, 6.45) is -0.232. The second-order valence-electron chi connectivity index (χ2n) is 12.2. The number of carbonyl (C=O) groups is 3. The van der Waals surface area contributed by atoms with Gasteiger partial charge in [0.05, 0.1) is 37.2 Å². The van der Waals surface area contributed by atoms with Gasteiger partial charge in [-0.05, 0) is 35.4 Å². The van der Waals surface area contributed by atoms with E-state index in [1.54, 1.807) is 59.4 Å². The van der Waals surface area contributed by atoms with Gasteiger partial charge in [-0.1, -0.05) is 91.0 Å². The number of imidazole rings is 1. The first-order chi connectivity index (χ1) is 25.0. The molecule has 4 atom stereocenters. The van der Waals surface area contributed by atoms with E-state index in [-0.39, 0.29) is 31.5 Å². The lowest BCUT2D eigenvalue weighted by Gasteiger charge is -2.26. The van der Waals surface area contributed by atoms with Gasteiger partial charge in [0.25, 0.3) is 17.7 Å². The van der Waals surface area contributed by atoms with Crippen LogP contribution in [0.3, 0.4) is 0 Å². The number of anilines is 1. The summed E-state index contributed by atoms with van der Waals surface area (Å²) < 4.78 is 21.7. The van der Waals surface area contributed by atoms with Crippen molar-refractivity contribution in [1.82, 2.24) is 24.4 Å². The number of ether oxygens (including phenoxy) is 3. The van der Waals surface area contributed by atoms with Crippen LogP contribution < -0.4 is 5.32 Å². The zero-order valence-electron chi connectivity index (χ0n) is 27.2. The van der Waals surface area contributed by atoms with Crippen molar-refractivity contribution in [3.05, 3.63) is 156 Å². The molecule has 12 heteroatoms. The number of carbonyl (C=O) groups excluding carboxylic acids is 3. The van der Waals surface area contributed by atoms with E-state index in [0.29, 0.717) is 27.9 Å². The Morgan fingerprint density at radius 1 is 0.706 bits per heavy atom. The smallest absolute Gasteiger partial charge is 0.261 e. The van der Waals surface area contributed by atoms with Crippen LogP contribution in [0, 0.1) is 0 Å². The van der Waals surface area contributed by atoms with E-state index in [1.807, 2.05) is 66.7 Å². The molecule has 0 radical (unpaired) electrons. The molecule has 4 aromatic carbocycles. The van der Waals surface area contributed by atoms with Crippen molar-refractivity contribution in [1.29, 1.82) is 0 Å². The molecule has 8 rings (SSSR count). The molecule has 1 unspecified atom stereocenters. The highest BCUT2D eigenvalue weighted by Crippen LogP contribution is 2.38. The number of aromatic nitrogens is 4. The van der Waals surface area contributed by atoms with E-state index >= 15 is 0 Å². The van der Waals surface area contributed by atoms with E-state index in [0.717, 1.165) is 11.1 Å². The predicted molar refractivity (Wildman–Crippen MR) is 185 cm³/mol. The maximum atomic E-state index is 13.5. The van der Waals surface area contributed by atoms with Crippen LogP contribution in [0.1, 0.15) is 48.4 Å². The van der Waals surface area contributed by atoms with Crippen LogP contribution in [-0.2, 0) is 27.4 Å². The number of rotatable bonds is 11. The van der Waals surface area contributed by atoms with Crippen LogP contribution in [-0.4, -0.2) is 67.0 Å². The fourth-order valence-corrected chi connectivity index (χ4v) is 6.48. The molecule has 0 aliphatic carbocycles. The molecule has 0 spiro atoms. The minimum absolute atomic E-state index is 0.0759. The van der Waals surface area contributed by atoms with Gasteiger partial charge in [0.1, 0.15) is 24.6 Å². The lowest BCUT2D eigenvalue weighted by molar-refractivity contribution is -0.0895. The van der Waals surface area contributed by atoms with Crippen LogP contribution in [0.2, 0.25) is 0 Å². The predicted octanol–water partition coefficient (Wildman–Crippen LogP) is 5.44. The third-order valence-corrected chi connectivity index (χ3v) is 9.00. The second-order valence-corrected chi connectivity index (χ2v) is 12.2. The molecule has 2 aromatic heterocycles. The Hall–Kier alpha value is -6.08. The van der Waals surface area contributed by atoms with Gasteiger partial charge in [-0.2, -0.15) is 0 Å². The Morgan fingerprint density at radius 2 is 1.27 bits per heavy atom. The molecule has 0 saturated carbocycles. The van der Waals surface area contributed by atoms with Gasteiger partial charge >= 0.3 is 0 Å². The maximum absolute atomic E-state index is 13.5. The van der Waals surface area contributed by atoms with Crippen LogP contribution in [0.25, 0.3) is 11.2 Å². The van der Waals surface area contributed by atoms with Crippen LogP contribution in [0.5, 0.6) is 0 Å². The summed E-state index contributed by atoms with van der Waals surface area (Å²) in [6, 6.07) is 35.0. The Labute approximate surface area is 292 Å². The molecule has 2 aliphatic rings. The molecule has 51 heavy (non-hydrogen) atoms. The fourth-order valence-electron chi connectivity index (χ4n) is 6.48. The Morgan fingerprint density at radius 3 is 1.90 bits per heavy atom. The van der Waals surface area contributed by atoms with E-state index in [2.05, 4.69) is 20.3 Å². The van der Waals surface area contributed by atoms with Gasteiger partial charge in [0.2, 0.25) is 0 Å². The first-order valence-corrected chi connectivity index (χ1v) is 16.5. The summed E-state index contributed by atoms with van der Waals surface area (Å²) in [5, 5.41) is 2.84. The van der Waals surface area contributed by atoms with Gasteiger partial charge in [-0.25, -0.2) is 15.0 Å². The highest BCUT2D eigenvalue weighted by molar-refractivity contribution is 6.21. The van der Waals surface area contributed by atoms with Gasteiger partial charge in [0, 0.05) is 5.56 Å². The van der Waals surface area contributed by atoms with E-state index in [1.165, 1.54) is 11.2 Å². The largest absolute Gasteiger partial charge is 0.368 e. The Balaban J connectivity index is 1.15. The lowest BCUT2D eigenvalue weighted by Crippen LogP contribution is -2.44. The number of hydrogen-bond acceptors (Lipinski definition) is 9. The van der Waals surface area contributed by atoms with Crippen molar-refractivity contribution < 1.29 is 28.6 Å². The average Bonchev–Trinajstić information content (AvgIpc) is 3.83. The summed E-state index contributed by atoms with van der Waals surface area (Å²) in [5.41, 5.74) is 3.75. The average molecular weight is 681 g/mol. The number of nitrogens with one attached hydrogen (secondary N) is 1. The van der Waals surface area contributed by atoms with E-state index in [9.17, 15) is 14.4 Å².